The minimum Gasteiger partial charge on any atom is -0.376 e. The van der Waals surface area contributed by atoms with Gasteiger partial charge in [0.1, 0.15) is 0 Å². The third kappa shape index (κ3) is 4.16. The fourth-order valence-corrected chi connectivity index (χ4v) is 0.225. The molecule has 0 aliphatic carbocycles. The molecule has 0 radical (unpaired) electrons. The van der Waals surface area contributed by atoms with Gasteiger partial charge in [-0.1, -0.05) is 12.4 Å². The molecule has 0 amide bonds. The number of nitrogens with zero attached hydrogens (tertiary/aromatic N) is 2. The van der Waals surface area contributed by atoms with E-state index in [1.54, 1.807) is 12.3 Å². The van der Waals surface area contributed by atoms with E-state index in [1.165, 1.54) is 6.33 Å². The molecule has 0 aromatic carbocycles. The van der Waals surface area contributed by atoms with Crippen LogP contribution in [-0.4, -0.2) is 9.97 Å². The normalized spacial score (nSPS) is 6.88. The number of rotatable bonds is 0. The van der Waals surface area contributed by atoms with Crippen LogP contribution in [0.5, 0.6) is 0 Å². The maximum atomic E-state index is 4.76. The number of hydrogen-bond acceptors (Lipinski definition) is 2. The first kappa shape index (κ1) is 7.99. The van der Waals surface area contributed by atoms with Crippen molar-refractivity contribution in [2.45, 2.75) is 0 Å². The molecule has 0 atom stereocenters. The molecular formula is C4H3ClN2Zn. The molecule has 1 rings (SSSR count). The maximum Gasteiger partial charge on any atom is -0.000697 e. The standard InChI is InChI=1S/C4H3N2.ClH.Zn/c1-2-5-4-6-3-1;;/h1-2,4H;1H;/q-1;;+2/p-1. The van der Waals surface area contributed by atoms with Crippen molar-refractivity contribution in [3.63, 3.8) is 0 Å². The molecule has 8 heavy (non-hydrogen) atoms. The third-order valence-corrected chi connectivity index (χ3v) is 0.434. The Bertz CT molecular complexity index is 86.0. The summed E-state index contributed by atoms with van der Waals surface area (Å²) in [6.07, 6.45) is 5.66. The van der Waals surface area contributed by atoms with Crippen molar-refractivity contribution in [3.8, 4) is 0 Å². The van der Waals surface area contributed by atoms with Gasteiger partial charge in [0.25, 0.3) is 0 Å². The van der Waals surface area contributed by atoms with Crippen molar-refractivity contribution in [2.75, 3.05) is 0 Å². The van der Waals surface area contributed by atoms with Gasteiger partial charge >= 0.3 is 27.0 Å². The summed E-state index contributed by atoms with van der Waals surface area (Å²) in [7, 11) is 4.76. The Kier molecular flexibility index (Phi) is 6.99. The topological polar surface area (TPSA) is 25.8 Å². The van der Waals surface area contributed by atoms with Crippen LogP contribution in [0.1, 0.15) is 0 Å². The first-order chi connectivity index (χ1) is 4.00. The van der Waals surface area contributed by atoms with Crippen molar-refractivity contribution < 1.29 is 17.3 Å². The van der Waals surface area contributed by atoms with E-state index in [4.69, 9.17) is 9.69 Å². The minimum absolute atomic E-state index is 0.847. The van der Waals surface area contributed by atoms with Gasteiger partial charge < -0.3 is 9.97 Å². The molecule has 0 saturated carbocycles. The average molecular weight is 180 g/mol. The Morgan fingerprint density at radius 3 is 2.38 bits per heavy atom. The second-order valence-electron chi connectivity index (χ2n) is 0.838. The molecule has 1 heterocycles. The third-order valence-electron chi connectivity index (χ3n) is 0.434. The zero-order chi connectivity index (χ0) is 6.24. The van der Waals surface area contributed by atoms with Crippen molar-refractivity contribution >= 4 is 9.69 Å². The van der Waals surface area contributed by atoms with Gasteiger partial charge in [0.05, 0.1) is 0 Å². The molecule has 0 unspecified atom stereocenters. The molecule has 1 aromatic rings. The Hall–Kier alpha value is -0.00662. The van der Waals surface area contributed by atoms with Gasteiger partial charge in [0.2, 0.25) is 0 Å². The Morgan fingerprint density at radius 1 is 1.50 bits per heavy atom. The molecule has 38 valence electrons. The number of halogens is 1. The van der Waals surface area contributed by atoms with Crippen molar-refractivity contribution in [3.05, 3.63) is 24.8 Å². The van der Waals surface area contributed by atoms with E-state index < -0.39 is 0 Å². The molecule has 0 spiro atoms. The van der Waals surface area contributed by atoms with E-state index in [1.807, 2.05) is 0 Å². The fraction of sp³-hybridized carbons (Fsp3) is 0. The van der Waals surface area contributed by atoms with E-state index >= 15 is 0 Å². The molecule has 0 aliphatic rings. The zero-order valence-electron chi connectivity index (χ0n) is 4.21. The summed E-state index contributed by atoms with van der Waals surface area (Å²) in [6, 6.07) is 1.65. The second-order valence-corrected chi connectivity index (χ2v) is 0.838. The summed E-state index contributed by atoms with van der Waals surface area (Å²) < 4.78 is 0. The van der Waals surface area contributed by atoms with Crippen molar-refractivity contribution in [2.24, 2.45) is 0 Å². The van der Waals surface area contributed by atoms with Crippen LogP contribution in [0.3, 0.4) is 0 Å². The predicted molar refractivity (Wildman–Crippen MR) is 26.7 cm³/mol. The van der Waals surface area contributed by atoms with Crippen LogP contribution in [0.4, 0.5) is 0 Å². The zero-order valence-corrected chi connectivity index (χ0v) is 7.93. The SMILES string of the molecule is [Cl][Zn+].[c-]1ccncn1. The first-order valence-corrected chi connectivity index (χ1v) is 5.79. The molecule has 0 bridgehead atoms. The van der Waals surface area contributed by atoms with E-state index in [-0.39, 0.29) is 0 Å². The molecule has 2 nitrogen and oxygen atoms in total. The smallest absolute Gasteiger partial charge is 0.000697 e. The van der Waals surface area contributed by atoms with E-state index in [2.05, 4.69) is 16.2 Å². The van der Waals surface area contributed by atoms with Crippen LogP contribution < -0.4 is 0 Å². The Morgan fingerprint density at radius 2 is 2.25 bits per heavy atom. The molecule has 0 saturated heterocycles. The van der Waals surface area contributed by atoms with Crippen molar-refractivity contribution in [1.29, 1.82) is 0 Å². The molecule has 0 fully saturated rings. The molecule has 4 heteroatoms. The van der Waals surface area contributed by atoms with Crippen LogP contribution in [0.2, 0.25) is 0 Å². The minimum atomic E-state index is 0.847. The summed E-state index contributed by atoms with van der Waals surface area (Å²) in [5, 5.41) is 0. The molecule has 0 aliphatic heterocycles. The summed E-state index contributed by atoms with van der Waals surface area (Å²) in [5.41, 5.74) is 0. The second kappa shape index (κ2) is 6.99. The fourth-order valence-electron chi connectivity index (χ4n) is 0.225. The largest absolute Gasteiger partial charge is 0.376 e. The Balaban J connectivity index is 0.000000222. The van der Waals surface area contributed by atoms with Gasteiger partial charge in [-0.3, -0.25) is 0 Å². The number of aromatic nitrogens is 2. The average Bonchev–Trinajstić information content (AvgIpc) is 1.96. The summed E-state index contributed by atoms with van der Waals surface area (Å²) in [4.78, 5) is 7.19. The van der Waals surface area contributed by atoms with Crippen LogP contribution in [0, 0.1) is 6.20 Å². The maximum absolute atomic E-state index is 4.76. The van der Waals surface area contributed by atoms with Gasteiger partial charge in [0.15, 0.2) is 0 Å². The quantitative estimate of drug-likeness (QED) is 0.439. The molecule has 1 aromatic heterocycles. The van der Waals surface area contributed by atoms with Gasteiger partial charge in [-0.25, -0.2) is 0 Å². The summed E-state index contributed by atoms with van der Waals surface area (Å²) >= 11 is 0.847. The number of hydrogen-bond donors (Lipinski definition) is 0. The summed E-state index contributed by atoms with van der Waals surface area (Å²) in [6.45, 7) is 0. The van der Waals surface area contributed by atoms with E-state index in [0.717, 1.165) is 17.3 Å². The van der Waals surface area contributed by atoms with Gasteiger partial charge in [-0.15, -0.1) is 6.07 Å². The van der Waals surface area contributed by atoms with Crippen LogP contribution >= 0.6 is 9.69 Å². The Labute approximate surface area is 62.0 Å². The van der Waals surface area contributed by atoms with Gasteiger partial charge in [-0.2, -0.15) is 0 Å². The van der Waals surface area contributed by atoms with Crippen molar-refractivity contribution in [1.82, 2.24) is 9.97 Å². The summed E-state index contributed by atoms with van der Waals surface area (Å²) in [5.74, 6) is 0. The van der Waals surface area contributed by atoms with E-state index in [0.29, 0.717) is 0 Å². The van der Waals surface area contributed by atoms with Crippen LogP contribution in [-0.2, 0) is 17.3 Å². The van der Waals surface area contributed by atoms with E-state index in [9.17, 15) is 0 Å². The predicted octanol–water partition coefficient (Wildman–Crippen LogP) is 0.964. The molecular weight excluding hydrogens is 177 g/mol. The van der Waals surface area contributed by atoms with Gasteiger partial charge in [0, 0.05) is 0 Å². The van der Waals surface area contributed by atoms with Crippen LogP contribution in [0.15, 0.2) is 18.6 Å². The first-order valence-electron chi connectivity index (χ1n) is 1.89. The monoisotopic (exact) mass is 178 g/mol. The molecule has 0 N–H and O–H groups in total. The van der Waals surface area contributed by atoms with Crippen LogP contribution in [0.25, 0.3) is 0 Å². The van der Waals surface area contributed by atoms with Gasteiger partial charge in [-0.05, 0) is 6.33 Å².